The largest absolute Gasteiger partial charge is 0.493 e. The zero-order chi connectivity index (χ0) is 22.8. The van der Waals surface area contributed by atoms with Crippen molar-refractivity contribution in [2.24, 2.45) is 0 Å². The van der Waals surface area contributed by atoms with E-state index < -0.39 is 0 Å². The number of aromatic nitrogens is 3. The Hall–Kier alpha value is -3.06. The molecule has 0 spiro atoms. The highest BCUT2D eigenvalue weighted by Crippen LogP contribution is 2.34. The lowest BCUT2D eigenvalue weighted by molar-refractivity contribution is 0.185. The summed E-state index contributed by atoms with van der Waals surface area (Å²) in [6, 6.07) is 15.6. The van der Waals surface area contributed by atoms with Crippen LogP contribution in [0.5, 0.6) is 5.75 Å². The van der Waals surface area contributed by atoms with E-state index in [0.717, 1.165) is 54.2 Å². The van der Waals surface area contributed by atoms with Crippen LogP contribution in [0.4, 0.5) is 4.79 Å². The molecule has 0 unspecified atom stereocenters. The van der Waals surface area contributed by atoms with E-state index in [1.807, 2.05) is 60.4 Å². The Kier molecular flexibility index (Phi) is 6.22. The van der Waals surface area contributed by atoms with Crippen molar-refractivity contribution in [2.45, 2.75) is 51.2 Å². The summed E-state index contributed by atoms with van der Waals surface area (Å²) >= 11 is 6.04. The van der Waals surface area contributed by atoms with Gasteiger partial charge in [-0.05, 0) is 56.4 Å². The van der Waals surface area contributed by atoms with Crippen molar-refractivity contribution >= 4 is 17.6 Å². The number of amides is 2. The lowest BCUT2D eigenvalue weighted by Crippen LogP contribution is -2.41. The van der Waals surface area contributed by atoms with Crippen LogP contribution in [0.1, 0.15) is 60.5 Å². The van der Waals surface area contributed by atoms with Crippen LogP contribution in [0.2, 0.25) is 5.02 Å². The normalized spacial score (nSPS) is 20.1. The predicted octanol–water partition coefficient (Wildman–Crippen LogP) is 5.05. The summed E-state index contributed by atoms with van der Waals surface area (Å²) in [5, 5.41) is 12.8. The van der Waals surface area contributed by atoms with Crippen LogP contribution in [-0.4, -0.2) is 38.8 Å². The van der Waals surface area contributed by atoms with Gasteiger partial charge >= 0.3 is 6.03 Å². The molecule has 3 heterocycles. The van der Waals surface area contributed by atoms with Gasteiger partial charge in [0.15, 0.2) is 5.82 Å². The van der Waals surface area contributed by atoms with Gasteiger partial charge in [0, 0.05) is 17.1 Å². The molecule has 2 aliphatic rings. The molecule has 0 saturated carbocycles. The summed E-state index contributed by atoms with van der Waals surface area (Å²) in [7, 11) is 0. The molecule has 172 valence electrons. The lowest BCUT2D eigenvalue weighted by Gasteiger charge is -2.28. The van der Waals surface area contributed by atoms with Crippen LogP contribution < -0.4 is 10.1 Å². The second-order valence-corrected chi connectivity index (χ2v) is 9.14. The molecule has 2 aliphatic heterocycles. The fourth-order valence-electron chi connectivity index (χ4n) is 4.80. The molecule has 3 aromatic rings. The minimum Gasteiger partial charge on any atom is -0.493 e. The molecule has 0 radical (unpaired) electrons. The molecule has 2 aromatic carbocycles. The van der Waals surface area contributed by atoms with E-state index in [1.165, 1.54) is 0 Å². The SMILES string of the molecule is Cc1nnc([C@H]2CCCN2C(=O)N[C@H]2CCCOc3ccccc32)n1Cc1ccc(Cl)cc1. The molecule has 7 nitrogen and oxygen atoms in total. The maximum absolute atomic E-state index is 13.4. The molecule has 1 aromatic heterocycles. The number of nitrogens with zero attached hydrogens (tertiary/aromatic N) is 4. The number of urea groups is 1. The minimum atomic E-state index is -0.101. The molecule has 8 heteroatoms. The van der Waals surface area contributed by atoms with Crippen LogP contribution in [0, 0.1) is 6.92 Å². The summed E-state index contributed by atoms with van der Waals surface area (Å²) in [5.74, 6) is 2.53. The third-order valence-corrected chi connectivity index (χ3v) is 6.77. The highest BCUT2D eigenvalue weighted by atomic mass is 35.5. The van der Waals surface area contributed by atoms with E-state index in [0.29, 0.717) is 24.7 Å². The number of hydrogen-bond acceptors (Lipinski definition) is 4. The maximum atomic E-state index is 13.4. The van der Waals surface area contributed by atoms with Gasteiger partial charge in [-0.1, -0.05) is 41.9 Å². The third-order valence-electron chi connectivity index (χ3n) is 6.52. The Balaban J connectivity index is 1.36. The number of aryl methyl sites for hydroxylation is 1. The van der Waals surface area contributed by atoms with E-state index in [1.54, 1.807) is 0 Å². The Labute approximate surface area is 198 Å². The van der Waals surface area contributed by atoms with Crippen molar-refractivity contribution < 1.29 is 9.53 Å². The van der Waals surface area contributed by atoms with Crippen LogP contribution in [-0.2, 0) is 6.54 Å². The van der Waals surface area contributed by atoms with Crippen LogP contribution in [0.25, 0.3) is 0 Å². The van der Waals surface area contributed by atoms with Gasteiger partial charge in [-0.15, -0.1) is 10.2 Å². The number of carbonyl (C=O) groups excluding carboxylic acids is 1. The van der Waals surface area contributed by atoms with Crippen molar-refractivity contribution in [1.82, 2.24) is 25.0 Å². The fraction of sp³-hybridized carbons (Fsp3) is 0.400. The third kappa shape index (κ3) is 4.55. The summed E-state index contributed by atoms with van der Waals surface area (Å²) < 4.78 is 7.97. The van der Waals surface area contributed by atoms with Crippen molar-refractivity contribution in [2.75, 3.05) is 13.2 Å². The first kappa shape index (κ1) is 21.8. The smallest absolute Gasteiger partial charge is 0.318 e. The Bertz CT molecular complexity index is 1130. The van der Waals surface area contributed by atoms with Crippen LogP contribution in [0.15, 0.2) is 48.5 Å². The number of halogens is 1. The van der Waals surface area contributed by atoms with Gasteiger partial charge < -0.3 is 19.5 Å². The molecular weight excluding hydrogens is 438 g/mol. The van der Waals surface area contributed by atoms with E-state index in [4.69, 9.17) is 16.3 Å². The van der Waals surface area contributed by atoms with E-state index >= 15 is 0 Å². The zero-order valence-corrected chi connectivity index (χ0v) is 19.5. The van der Waals surface area contributed by atoms with E-state index in [9.17, 15) is 4.79 Å². The fourth-order valence-corrected chi connectivity index (χ4v) is 4.92. The molecule has 5 rings (SSSR count). The van der Waals surface area contributed by atoms with Gasteiger partial charge in [-0.3, -0.25) is 0 Å². The number of nitrogens with one attached hydrogen (secondary N) is 1. The summed E-state index contributed by atoms with van der Waals surface area (Å²) in [6.45, 7) is 3.97. The molecule has 1 saturated heterocycles. The lowest BCUT2D eigenvalue weighted by atomic mass is 10.0. The van der Waals surface area contributed by atoms with Crippen molar-refractivity contribution in [3.8, 4) is 5.75 Å². The van der Waals surface area contributed by atoms with Crippen molar-refractivity contribution in [3.63, 3.8) is 0 Å². The molecular formula is C25H28ClN5O2. The highest BCUT2D eigenvalue weighted by Gasteiger charge is 2.35. The van der Waals surface area contributed by atoms with Gasteiger partial charge in [-0.25, -0.2) is 4.79 Å². The summed E-state index contributed by atoms with van der Waals surface area (Å²) in [4.78, 5) is 15.3. The molecule has 2 atom stereocenters. The zero-order valence-electron chi connectivity index (χ0n) is 18.7. The number of carbonyl (C=O) groups is 1. The number of fused-ring (bicyclic) bond motifs is 1. The van der Waals surface area contributed by atoms with Crippen LogP contribution >= 0.6 is 11.6 Å². The van der Waals surface area contributed by atoms with Gasteiger partial charge in [0.1, 0.15) is 11.6 Å². The first-order valence-corrected chi connectivity index (χ1v) is 11.9. The van der Waals surface area contributed by atoms with Crippen LogP contribution in [0.3, 0.4) is 0 Å². The van der Waals surface area contributed by atoms with Crippen molar-refractivity contribution in [3.05, 3.63) is 76.3 Å². The van der Waals surface area contributed by atoms with Gasteiger partial charge in [-0.2, -0.15) is 0 Å². The number of para-hydroxylation sites is 1. The first-order chi connectivity index (χ1) is 16.1. The monoisotopic (exact) mass is 465 g/mol. The molecule has 0 aliphatic carbocycles. The number of likely N-dealkylation sites (tertiary alicyclic amines) is 1. The second-order valence-electron chi connectivity index (χ2n) is 8.70. The van der Waals surface area contributed by atoms with Gasteiger partial charge in [0.25, 0.3) is 0 Å². The number of hydrogen-bond donors (Lipinski definition) is 1. The summed E-state index contributed by atoms with van der Waals surface area (Å²) in [5.41, 5.74) is 2.16. The molecule has 1 fully saturated rings. The number of rotatable bonds is 4. The van der Waals surface area contributed by atoms with Gasteiger partial charge in [0.05, 0.1) is 25.2 Å². The Morgan fingerprint density at radius 1 is 1.12 bits per heavy atom. The summed E-state index contributed by atoms with van der Waals surface area (Å²) in [6.07, 6.45) is 3.57. The second kappa shape index (κ2) is 9.43. The minimum absolute atomic E-state index is 0.0575. The van der Waals surface area contributed by atoms with Crippen molar-refractivity contribution in [1.29, 1.82) is 0 Å². The Morgan fingerprint density at radius 3 is 2.79 bits per heavy atom. The average Bonchev–Trinajstić information content (AvgIpc) is 3.39. The van der Waals surface area contributed by atoms with E-state index in [-0.39, 0.29) is 18.1 Å². The average molecular weight is 466 g/mol. The first-order valence-electron chi connectivity index (χ1n) is 11.5. The molecule has 0 bridgehead atoms. The molecule has 33 heavy (non-hydrogen) atoms. The topological polar surface area (TPSA) is 72.3 Å². The molecule has 2 amide bonds. The number of benzene rings is 2. The quantitative estimate of drug-likeness (QED) is 0.585. The maximum Gasteiger partial charge on any atom is 0.318 e. The van der Waals surface area contributed by atoms with E-state index in [2.05, 4.69) is 20.1 Å². The Morgan fingerprint density at radius 2 is 1.94 bits per heavy atom. The standard InChI is InChI=1S/C25H28ClN5O2/c1-17-28-29-24(31(17)16-18-10-12-19(26)13-11-18)22-8-4-14-30(22)25(32)27-21-7-5-15-33-23-9-3-2-6-20(21)23/h2-3,6,9-13,21-22H,4-5,7-8,14-16H2,1H3,(H,27,32)/t21-,22+/m0/s1. The molecule has 1 N–H and O–H groups in total. The van der Waals surface area contributed by atoms with Gasteiger partial charge in [0.2, 0.25) is 0 Å². The highest BCUT2D eigenvalue weighted by molar-refractivity contribution is 6.30. The number of ether oxygens (including phenoxy) is 1. The predicted molar refractivity (Wildman–Crippen MR) is 126 cm³/mol.